The Labute approximate surface area is 209 Å². The van der Waals surface area contributed by atoms with E-state index in [-0.39, 0.29) is 5.56 Å². The van der Waals surface area contributed by atoms with Crippen LogP contribution in [-0.4, -0.2) is 42.3 Å². The first-order chi connectivity index (χ1) is 17.6. The molecule has 4 aromatic rings. The minimum Gasteiger partial charge on any atom is -0.494 e. The molecule has 0 N–H and O–H groups in total. The second kappa shape index (κ2) is 11.9. The maximum Gasteiger partial charge on any atom is 0.282 e. The van der Waals surface area contributed by atoms with Gasteiger partial charge in [0.1, 0.15) is 30.5 Å². The topological polar surface area (TPSA) is 84.2 Å². The Bertz CT molecular complexity index is 1400. The third-order valence-corrected chi connectivity index (χ3v) is 5.25. The molecule has 8 nitrogen and oxygen atoms in total. The van der Waals surface area contributed by atoms with Crippen LogP contribution in [0.4, 0.5) is 0 Å². The molecule has 0 aliphatic heterocycles. The first-order valence-corrected chi connectivity index (χ1v) is 11.9. The summed E-state index contributed by atoms with van der Waals surface area (Å²) in [6.07, 6.45) is 1.60. The molecule has 36 heavy (non-hydrogen) atoms. The zero-order chi connectivity index (χ0) is 25.3. The fraction of sp³-hybridized carbons (Fsp3) is 0.250. The van der Waals surface area contributed by atoms with Crippen LogP contribution in [0.5, 0.6) is 23.0 Å². The van der Waals surface area contributed by atoms with Crippen LogP contribution in [0.15, 0.2) is 76.6 Å². The van der Waals surface area contributed by atoms with Crippen LogP contribution < -0.4 is 24.5 Å². The molecule has 8 heteroatoms. The van der Waals surface area contributed by atoms with E-state index in [1.54, 1.807) is 19.2 Å². The van der Waals surface area contributed by atoms with Crippen molar-refractivity contribution >= 4 is 17.1 Å². The number of ether oxygens (including phenoxy) is 4. The maximum atomic E-state index is 12.8. The van der Waals surface area contributed by atoms with Gasteiger partial charge in [0, 0.05) is 0 Å². The van der Waals surface area contributed by atoms with Crippen LogP contribution in [-0.2, 0) is 0 Å². The molecule has 0 bridgehead atoms. The van der Waals surface area contributed by atoms with E-state index in [0.717, 1.165) is 17.1 Å². The van der Waals surface area contributed by atoms with Crippen LogP contribution in [0, 0.1) is 6.92 Å². The largest absolute Gasteiger partial charge is 0.494 e. The van der Waals surface area contributed by atoms with E-state index in [9.17, 15) is 4.79 Å². The highest BCUT2D eigenvalue weighted by Crippen LogP contribution is 2.28. The lowest BCUT2D eigenvalue weighted by atomic mass is 10.2. The zero-order valence-corrected chi connectivity index (χ0v) is 20.6. The smallest absolute Gasteiger partial charge is 0.282 e. The number of para-hydroxylation sites is 1. The molecule has 0 fully saturated rings. The highest BCUT2D eigenvalue weighted by molar-refractivity contribution is 5.81. The molecule has 0 saturated carbocycles. The molecule has 0 atom stereocenters. The molecular weight excluding hydrogens is 458 g/mol. The number of benzene rings is 3. The summed E-state index contributed by atoms with van der Waals surface area (Å²) in [7, 11) is 0. The number of aryl methyl sites for hydroxylation is 1. The van der Waals surface area contributed by atoms with Crippen molar-refractivity contribution in [1.29, 1.82) is 0 Å². The predicted molar refractivity (Wildman–Crippen MR) is 140 cm³/mol. The highest BCUT2D eigenvalue weighted by atomic mass is 16.5. The summed E-state index contributed by atoms with van der Waals surface area (Å²) >= 11 is 0. The average molecular weight is 488 g/mol. The van der Waals surface area contributed by atoms with Crippen molar-refractivity contribution < 1.29 is 18.9 Å². The maximum absolute atomic E-state index is 12.8. The normalized spacial score (nSPS) is 11.1. The minimum absolute atomic E-state index is 0.216. The molecule has 1 aromatic heterocycles. The Balaban J connectivity index is 1.42. The molecule has 0 aliphatic rings. The summed E-state index contributed by atoms with van der Waals surface area (Å²) in [4.78, 5) is 17.3. The van der Waals surface area contributed by atoms with Gasteiger partial charge in [0.2, 0.25) is 0 Å². The van der Waals surface area contributed by atoms with Crippen molar-refractivity contribution in [1.82, 2.24) is 9.66 Å². The third-order valence-electron chi connectivity index (χ3n) is 5.25. The van der Waals surface area contributed by atoms with E-state index in [0.29, 0.717) is 54.7 Å². The molecule has 4 rings (SSSR count). The molecule has 0 amide bonds. The lowest BCUT2D eigenvalue weighted by Crippen LogP contribution is -2.20. The van der Waals surface area contributed by atoms with E-state index in [1.807, 2.05) is 74.5 Å². The summed E-state index contributed by atoms with van der Waals surface area (Å²) in [5.74, 6) is 3.25. The first-order valence-electron chi connectivity index (χ1n) is 11.9. The SMILES string of the molecule is CCOc1ccc(OCCOc2ccc(/C=N/n3c(C)nc4ccccc4c3=O)cc2OCC)cc1. The fourth-order valence-corrected chi connectivity index (χ4v) is 3.60. The minimum atomic E-state index is -0.216. The van der Waals surface area contributed by atoms with Crippen molar-refractivity contribution in [2.75, 3.05) is 26.4 Å². The first kappa shape index (κ1) is 24.8. The van der Waals surface area contributed by atoms with Crippen molar-refractivity contribution in [3.8, 4) is 23.0 Å². The van der Waals surface area contributed by atoms with Gasteiger partial charge in [-0.3, -0.25) is 4.79 Å². The zero-order valence-electron chi connectivity index (χ0n) is 20.6. The van der Waals surface area contributed by atoms with Gasteiger partial charge in [-0.05, 0) is 80.9 Å². The van der Waals surface area contributed by atoms with Crippen molar-refractivity contribution in [3.05, 3.63) is 88.5 Å². The van der Waals surface area contributed by atoms with Gasteiger partial charge in [-0.25, -0.2) is 4.98 Å². The van der Waals surface area contributed by atoms with Crippen molar-refractivity contribution in [3.63, 3.8) is 0 Å². The highest BCUT2D eigenvalue weighted by Gasteiger charge is 2.09. The van der Waals surface area contributed by atoms with E-state index >= 15 is 0 Å². The van der Waals surface area contributed by atoms with E-state index in [2.05, 4.69) is 10.1 Å². The second-order valence-corrected chi connectivity index (χ2v) is 7.78. The third kappa shape index (κ3) is 6.02. The fourth-order valence-electron chi connectivity index (χ4n) is 3.60. The predicted octanol–water partition coefficient (Wildman–Crippen LogP) is 4.84. The molecular formula is C28H29N3O5. The number of fused-ring (bicyclic) bond motifs is 1. The van der Waals surface area contributed by atoms with Gasteiger partial charge in [-0.1, -0.05) is 12.1 Å². The quantitative estimate of drug-likeness (QED) is 0.222. The van der Waals surface area contributed by atoms with Crippen LogP contribution in [0.3, 0.4) is 0 Å². The number of rotatable bonds is 11. The summed E-state index contributed by atoms with van der Waals surface area (Å²) in [5.41, 5.74) is 1.20. The molecule has 0 aliphatic carbocycles. The Morgan fingerprint density at radius 3 is 2.28 bits per heavy atom. The van der Waals surface area contributed by atoms with Gasteiger partial charge >= 0.3 is 0 Å². The molecule has 0 saturated heterocycles. The van der Waals surface area contributed by atoms with Gasteiger partial charge in [-0.15, -0.1) is 0 Å². The summed E-state index contributed by atoms with van der Waals surface area (Å²) < 4.78 is 24.1. The molecule has 0 spiro atoms. The molecule has 0 radical (unpaired) electrons. The van der Waals surface area contributed by atoms with Gasteiger partial charge in [0.05, 0.1) is 30.3 Å². The Hall–Kier alpha value is -4.33. The van der Waals surface area contributed by atoms with Crippen LogP contribution in [0.1, 0.15) is 25.2 Å². The van der Waals surface area contributed by atoms with Crippen LogP contribution >= 0.6 is 0 Å². The van der Waals surface area contributed by atoms with Gasteiger partial charge in [0.25, 0.3) is 5.56 Å². The number of nitrogens with zero attached hydrogens (tertiary/aromatic N) is 3. The van der Waals surface area contributed by atoms with Crippen molar-refractivity contribution in [2.24, 2.45) is 5.10 Å². The van der Waals surface area contributed by atoms with Crippen molar-refractivity contribution in [2.45, 2.75) is 20.8 Å². The van der Waals surface area contributed by atoms with E-state index < -0.39 is 0 Å². The van der Waals surface area contributed by atoms with E-state index in [4.69, 9.17) is 18.9 Å². The van der Waals surface area contributed by atoms with E-state index in [1.165, 1.54) is 4.68 Å². The lowest BCUT2D eigenvalue weighted by molar-refractivity contribution is 0.208. The second-order valence-electron chi connectivity index (χ2n) is 7.78. The van der Waals surface area contributed by atoms with Crippen LogP contribution in [0.25, 0.3) is 10.9 Å². The molecule has 0 unspecified atom stereocenters. The summed E-state index contributed by atoms with van der Waals surface area (Å²) in [6.45, 7) is 7.43. The standard InChI is InChI=1S/C28H29N3O5/c1-4-33-22-11-13-23(14-12-22)35-16-17-36-26-15-10-21(18-27(26)34-5-2)19-29-31-20(3)30-25-9-7-6-8-24(25)28(31)32/h6-15,18-19H,4-5,16-17H2,1-3H3/b29-19+. The monoisotopic (exact) mass is 487 g/mol. The summed E-state index contributed by atoms with van der Waals surface area (Å²) in [5, 5.41) is 4.89. The molecule has 1 heterocycles. The Morgan fingerprint density at radius 2 is 1.53 bits per heavy atom. The molecule has 186 valence electrons. The average Bonchev–Trinajstić information content (AvgIpc) is 2.89. The van der Waals surface area contributed by atoms with Crippen LogP contribution in [0.2, 0.25) is 0 Å². The van der Waals surface area contributed by atoms with Gasteiger partial charge < -0.3 is 18.9 Å². The Morgan fingerprint density at radius 1 is 0.833 bits per heavy atom. The number of aromatic nitrogens is 2. The van der Waals surface area contributed by atoms with Gasteiger partial charge in [0.15, 0.2) is 11.5 Å². The Kier molecular flexibility index (Phi) is 8.18. The van der Waals surface area contributed by atoms with Gasteiger partial charge in [-0.2, -0.15) is 9.78 Å². The lowest BCUT2D eigenvalue weighted by Gasteiger charge is -2.13. The molecule has 3 aromatic carbocycles. The number of hydrogen-bond acceptors (Lipinski definition) is 7. The number of hydrogen-bond donors (Lipinski definition) is 0. The summed E-state index contributed by atoms with van der Waals surface area (Å²) in [6, 6.07) is 20.2.